The van der Waals surface area contributed by atoms with Crippen LogP contribution in [0.2, 0.25) is 0 Å². The molecule has 6 nitrogen and oxygen atoms in total. The van der Waals surface area contributed by atoms with Gasteiger partial charge in [-0.2, -0.15) is 4.98 Å². The normalized spacial score (nSPS) is 9.94. The molecule has 0 saturated carbocycles. The highest BCUT2D eigenvalue weighted by Crippen LogP contribution is 2.11. The van der Waals surface area contributed by atoms with Crippen molar-refractivity contribution >= 4 is 17.7 Å². The average Bonchev–Trinajstić information content (AvgIpc) is 2.26. The number of anilines is 2. The van der Waals surface area contributed by atoms with E-state index in [2.05, 4.69) is 9.97 Å². The van der Waals surface area contributed by atoms with Gasteiger partial charge in [-0.15, -0.1) is 0 Å². The van der Waals surface area contributed by atoms with E-state index >= 15 is 0 Å². The smallest absolute Gasteiger partial charge is 0.305 e. The van der Waals surface area contributed by atoms with E-state index in [0.717, 1.165) is 5.82 Å². The van der Waals surface area contributed by atoms with Crippen molar-refractivity contribution in [3.05, 3.63) is 12.3 Å². The summed E-state index contributed by atoms with van der Waals surface area (Å²) in [5.41, 5.74) is 0. The van der Waals surface area contributed by atoms with E-state index in [-0.39, 0.29) is 6.42 Å². The molecule has 0 aliphatic heterocycles. The van der Waals surface area contributed by atoms with E-state index in [1.807, 2.05) is 21.1 Å². The van der Waals surface area contributed by atoms with Gasteiger partial charge in [-0.1, -0.05) is 0 Å². The molecule has 0 unspecified atom stereocenters. The van der Waals surface area contributed by atoms with Crippen LogP contribution in [0, 0.1) is 0 Å². The average molecular weight is 224 g/mol. The van der Waals surface area contributed by atoms with Crippen molar-refractivity contribution in [1.29, 1.82) is 0 Å². The van der Waals surface area contributed by atoms with Crippen LogP contribution in [0.3, 0.4) is 0 Å². The van der Waals surface area contributed by atoms with Crippen LogP contribution >= 0.6 is 0 Å². The predicted molar refractivity (Wildman–Crippen MR) is 61.9 cm³/mol. The molecule has 88 valence electrons. The molecular formula is C10H16N4O2. The molecule has 0 aromatic carbocycles. The van der Waals surface area contributed by atoms with Gasteiger partial charge in [0, 0.05) is 33.9 Å². The zero-order valence-corrected chi connectivity index (χ0v) is 9.71. The van der Waals surface area contributed by atoms with Crippen LogP contribution in [0.15, 0.2) is 12.3 Å². The number of carboxylic acid groups (broad SMARTS) is 1. The van der Waals surface area contributed by atoms with Crippen LogP contribution in [-0.4, -0.2) is 48.7 Å². The summed E-state index contributed by atoms with van der Waals surface area (Å²) < 4.78 is 0. The minimum Gasteiger partial charge on any atom is -0.481 e. The molecule has 6 heteroatoms. The lowest BCUT2D eigenvalue weighted by Crippen LogP contribution is -2.23. The van der Waals surface area contributed by atoms with Crippen molar-refractivity contribution in [2.45, 2.75) is 6.42 Å². The summed E-state index contributed by atoms with van der Waals surface area (Å²) in [6, 6.07) is 1.76. The Balaban J connectivity index is 2.71. The lowest BCUT2D eigenvalue weighted by molar-refractivity contribution is -0.136. The first kappa shape index (κ1) is 12.2. The predicted octanol–water partition coefficient (Wildman–Crippen LogP) is 0.453. The Labute approximate surface area is 94.5 Å². The Morgan fingerprint density at radius 1 is 1.44 bits per heavy atom. The minimum absolute atomic E-state index is 0.0950. The van der Waals surface area contributed by atoms with Gasteiger partial charge in [-0.05, 0) is 6.07 Å². The zero-order valence-electron chi connectivity index (χ0n) is 9.71. The third-order valence-corrected chi connectivity index (χ3v) is 2.08. The summed E-state index contributed by atoms with van der Waals surface area (Å²) in [5.74, 6) is 0.522. The quantitative estimate of drug-likeness (QED) is 0.783. The zero-order chi connectivity index (χ0) is 12.1. The van der Waals surface area contributed by atoms with Gasteiger partial charge in [0.25, 0.3) is 0 Å². The second-order valence-electron chi connectivity index (χ2n) is 3.67. The molecule has 1 N–H and O–H groups in total. The number of aromatic nitrogens is 2. The molecule has 0 saturated heterocycles. The van der Waals surface area contributed by atoms with Crippen LogP contribution in [-0.2, 0) is 4.79 Å². The molecule has 0 aliphatic carbocycles. The van der Waals surface area contributed by atoms with Crippen molar-refractivity contribution < 1.29 is 9.90 Å². The second-order valence-corrected chi connectivity index (χ2v) is 3.67. The maximum atomic E-state index is 10.4. The van der Waals surface area contributed by atoms with Crippen LogP contribution in [0.25, 0.3) is 0 Å². The fraction of sp³-hybridized carbons (Fsp3) is 0.500. The van der Waals surface area contributed by atoms with Gasteiger partial charge in [-0.25, -0.2) is 4.98 Å². The number of aliphatic carboxylic acids is 1. The van der Waals surface area contributed by atoms with Gasteiger partial charge in [0.15, 0.2) is 0 Å². The molecule has 0 amide bonds. The third-order valence-electron chi connectivity index (χ3n) is 2.08. The number of rotatable bonds is 5. The summed E-state index contributed by atoms with van der Waals surface area (Å²) in [4.78, 5) is 22.4. The van der Waals surface area contributed by atoms with E-state index in [1.165, 1.54) is 0 Å². The summed E-state index contributed by atoms with van der Waals surface area (Å²) in [6.45, 7) is 0.430. The Morgan fingerprint density at radius 2 is 2.12 bits per heavy atom. The van der Waals surface area contributed by atoms with Crippen LogP contribution in [0.4, 0.5) is 11.8 Å². The highest BCUT2D eigenvalue weighted by Gasteiger charge is 2.07. The molecule has 0 fully saturated rings. The van der Waals surface area contributed by atoms with Crippen molar-refractivity contribution in [3.63, 3.8) is 0 Å². The van der Waals surface area contributed by atoms with Gasteiger partial charge in [0.1, 0.15) is 5.82 Å². The number of carbonyl (C=O) groups is 1. The summed E-state index contributed by atoms with van der Waals surface area (Å²) in [7, 11) is 5.53. The first-order chi connectivity index (χ1) is 7.50. The van der Waals surface area contributed by atoms with Gasteiger partial charge >= 0.3 is 5.97 Å². The van der Waals surface area contributed by atoms with E-state index in [4.69, 9.17) is 5.11 Å². The topological polar surface area (TPSA) is 69.6 Å². The maximum absolute atomic E-state index is 10.4. The number of hydrogen-bond acceptors (Lipinski definition) is 5. The monoisotopic (exact) mass is 224 g/mol. The Morgan fingerprint density at radius 3 is 2.69 bits per heavy atom. The van der Waals surface area contributed by atoms with E-state index in [0.29, 0.717) is 12.5 Å². The molecule has 0 aliphatic rings. The largest absolute Gasteiger partial charge is 0.481 e. The summed E-state index contributed by atoms with van der Waals surface area (Å²) >= 11 is 0. The first-order valence-electron chi connectivity index (χ1n) is 4.94. The lowest BCUT2D eigenvalue weighted by Gasteiger charge is -2.18. The van der Waals surface area contributed by atoms with Crippen molar-refractivity contribution in [2.75, 3.05) is 37.5 Å². The summed E-state index contributed by atoms with van der Waals surface area (Å²) in [6.07, 6.45) is 1.76. The molecule has 1 aromatic rings. The Hall–Kier alpha value is -1.85. The van der Waals surface area contributed by atoms with Crippen molar-refractivity contribution in [2.24, 2.45) is 0 Å². The van der Waals surface area contributed by atoms with E-state index in [1.54, 1.807) is 22.1 Å². The van der Waals surface area contributed by atoms with Crippen molar-refractivity contribution in [1.82, 2.24) is 9.97 Å². The maximum Gasteiger partial charge on any atom is 0.305 e. The second kappa shape index (κ2) is 5.29. The fourth-order valence-corrected chi connectivity index (χ4v) is 1.15. The highest BCUT2D eigenvalue weighted by molar-refractivity contribution is 5.67. The standard InChI is InChI=1S/C10H16N4O2/c1-13(2)10-11-6-4-8(12-10)14(3)7-5-9(15)16/h4,6H,5,7H2,1-3H3,(H,15,16). The first-order valence-corrected chi connectivity index (χ1v) is 4.94. The van der Waals surface area contributed by atoms with Gasteiger partial charge in [0.2, 0.25) is 5.95 Å². The number of carboxylic acids is 1. The Bertz CT molecular complexity index is 368. The van der Waals surface area contributed by atoms with E-state index < -0.39 is 5.97 Å². The molecule has 1 aromatic heterocycles. The van der Waals surface area contributed by atoms with Gasteiger partial charge in [0.05, 0.1) is 6.42 Å². The lowest BCUT2D eigenvalue weighted by atomic mass is 10.4. The number of nitrogens with zero attached hydrogens (tertiary/aromatic N) is 4. The molecule has 0 radical (unpaired) electrons. The van der Waals surface area contributed by atoms with Crippen LogP contribution in [0.1, 0.15) is 6.42 Å². The molecule has 1 rings (SSSR count). The van der Waals surface area contributed by atoms with Gasteiger partial charge < -0.3 is 14.9 Å². The van der Waals surface area contributed by atoms with Crippen LogP contribution in [0.5, 0.6) is 0 Å². The van der Waals surface area contributed by atoms with Crippen LogP contribution < -0.4 is 9.80 Å². The molecule has 0 atom stereocenters. The van der Waals surface area contributed by atoms with Crippen molar-refractivity contribution in [3.8, 4) is 0 Å². The van der Waals surface area contributed by atoms with Gasteiger partial charge in [-0.3, -0.25) is 4.79 Å². The molecule has 0 spiro atoms. The summed E-state index contributed by atoms with van der Waals surface area (Å²) in [5, 5.41) is 8.58. The minimum atomic E-state index is -0.811. The fourth-order valence-electron chi connectivity index (χ4n) is 1.15. The molecule has 1 heterocycles. The third kappa shape index (κ3) is 3.38. The highest BCUT2D eigenvalue weighted by atomic mass is 16.4. The Kier molecular flexibility index (Phi) is 4.04. The molecule has 16 heavy (non-hydrogen) atoms. The SMILES string of the molecule is CN(C)c1nccc(N(C)CCC(=O)O)n1. The molecule has 0 bridgehead atoms. The number of hydrogen-bond donors (Lipinski definition) is 1. The van der Waals surface area contributed by atoms with E-state index in [9.17, 15) is 4.79 Å². The molecular weight excluding hydrogens is 208 g/mol.